The minimum Gasteiger partial charge on any atom is -0.325 e. The van der Waals surface area contributed by atoms with Crippen molar-refractivity contribution in [2.45, 2.75) is 13.8 Å². The molecule has 138 valence electrons. The first kappa shape index (κ1) is 20.4. The highest BCUT2D eigenvalue weighted by Crippen LogP contribution is 2.20. The van der Waals surface area contributed by atoms with Gasteiger partial charge in [0.15, 0.2) is 0 Å². The number of halogens is 2. The minimum absolute atomic E-state index is 0.119. The second-order valence-corrected chi connectivity index (χ2v) is 7.22. The third-order valence-electron chi connectivity index (χ3n) is 3.76. The zero-order chi connectivity index (χ0) is 19.1. The highest BCUT2D eigenvalue weighted by molar-refractivity contribution is 9.10. The van der Waals surface area contributed by atoms with Gasteiger partial charge in [0.1, 0.15) is 0 Å². The van der Waals surface area contributed by atoms with Crippen LogP contribution in [0.4, 0.5) is 11.4 Å². The summed E-state index contributed by atoms with van der Waals surface area (Å²) in [5.74, 6) is -0.357. The van der Waals surface area contributed by atoms with E-state index in [1.165, 1.54) is 0 Å². The number of likely N-dealkylation sites (N-methyl/N-ethyl adjacent to an activating group) is 1. The van der Waals surface area contributed by atoms with Gasteiger partial charge in [0, 0.05) is 20.9 Å². The summed E-state index contributed by atoms with van der Waals surface area (Å²) in [6.45, 7) is 4.63. The van der Waals surface area contributed by atoms with Crippen LogP contribution in [0.2, 0.25) is 5.02 Å². The molecule has 0 atom stereocenters. The van der Waals surface area contributed by atoms with Gasteiger partial charge in [0.05, 0.1) is 13.1 Å². The quantitative estimate of drug-likeness (QED) is 0.677. The topological polar surface area (TPSA) is 61.4 Å². The molecular weight excluding hydrogens is 418 g/mol. The second-order valence-electron chi connectivity index (χ2n) is 5.87. The predicted molar refractivity (Wildman–Crippen MR) is 110 cm³/mol. The van der Waals surface area contributed by atoms with Gasteiger partial charge in [-0.25, -0.2) is 0 Å². The fourth-order valence-corrected chi connectivity index (χ4v) is 2.94. The van der Waals surface area contributed by atoms with Gasteiger partial charge in [0.2, 0.25) is 11.8 Å². The predicted octanol–water partition coefficient (Wildman–Crippen LogP) is 4.31. The van der Waals surface area contributed by atoms with Gasteiger partial charge in [-0.05, 0) is 49.4 Å². The van der Waals surface area contributed by atoms with Gasteiger partial charge in [-0.2, -0.15) is 0 Å². The van der Waals surface area contributed by atoms with Crippen LogP contribution in [0.5, 0.6) is 0 Å². The van der Waals surface area contributed by atoms with E-state index in [1.54, 1.807) is 17.0 Å². The van der Waals surface area contributed by atoms with E-state index < -0.39 is 0 Å². The Morgan fingerprint density at radius 2 is 1.77 bits per heavy atom. The van der Waals surface area contributed by atoms with Gasteiger partial charge in [-0.15, -0.1) is 0 Å². The van der Waals surface area contributed by atoms with Gasteiger partial charge < -0.3 is 10.6 Å². The Bertz CT molecular complexity index is 798. The number of amides is 2. The van der Waals surface area contributed by atoms with Crippen molar-refractivity contribution in [3.63, 3.8) is 0 Å². The first-order valence-electron chi connectivity index (χ1n) is 8.21. The van der Waals surface area contributed by atoms with Crippen LogP contribution in [0.1, 0.15) is 12.5 Å². The highest BCUT2D eigenvalue weighted by Gasteiger charge is 2.14. The van der Waals surface area contributed by atoms with Crippen LogP contribution in [-0.4, -0.2) is 36.3 Å². The molecule has 0 saturated heterocycles. The van der Waals surface area contributed by atoms with Crippen molar-refractivity contribution in [2.24, 2.45) is 0 Å². The Morgan fingerprint density at radius 1 is 1.08 bits per heavy atom. The maximum atomic E-state index is 12.3. The molecule has 26 heavy (non-hydrogen) atoms. The number of anilines is 2. The average Bonchev–Trinajstić information content (AvgIpc) is 2.57. The molecule has 0 unspecified atom stereocenters. The molecule has 0 aliphatic rings. The highest BCUT2D eigenvalue weighted by atomic mass is 79.9. The lowest BCUT2D eigenvalue weighted by atomic mass is 10.2. The van der Waals surface area contributed by atoms with Gasteiger partial charge in [0.25, 0.3) is 0 Å². The van der Waals surface area contributed by atoms with Crippen LogP contribution in [0.15, 0.2) is 46.9 Å². The molecule has 0 heterocycles. The van der Waals surface area contributed by atoms with Crippen molar-refractivity contribution in [2.75, 3.05) is 30.3 Å². The fourth-order valence-electron chi connectivity index (χ4n) is 2.37. The van der Waals surface area contributed by atoms with Gasteiger partial charge in [-0.3, -0.25) is 14.5 Å². The van der Waals surface area contributed by atoms with E-state index in [1.807, 2.05) is 44.2 Å². The van der Waals surface area contributed by atoms with Crippen molar-refractivity contribution in [3.8, 4) is 0 Å². The van der Waals surface area contributed by atoms with Crippen LogP contribution < -0.4 is 10.6 Å². The molecule has 0 radical (unpaired) electrons. The lowest BCUT2D eigenvalue weighted by Gasteiger charge is -2.20. The van der Waals surface area contributed by atoms with Crippen LogP contribution >= 0.6 is 27.5 Å². The lowest BCUT2D eigenvalue weighted by Crippen LogP contribution is -2.38. The third kappa shape index (κ3) is 6.44. The molecule has 0 aliphatic carbocycles. The van der Waals surface area contributed by atoms with E-state index in [2.05, 4.69) is 26.6 Å². The van der Waals surface area contributed by atoms with E-state index in [-0.39, 0.29) is 24.9 Å². The van der Waals surface area contributed by atoms with Crippen LogP contribution in [0.25, 0.3) is 0 Å². The largest absolute Gasteiger partial charge is 0.325 e. The summed E-state index contributed by atoms with van der Waals surface area (Å²) in [4.78, 5) is 26.3. The van der Waals surface area contributed by atoms with Crippen molar-refractivity contribution in [3.05, 3.63) is 57.5 Å². The molecule has 0 spiro atoms. The van der Waals surface area contributed by atoms with Crippen molar-refractivity contribution >= 4 is 50.7 Å². The van der Waals surface area contributed by atoms with E-state index in [9.17, 15) is 9.59 Å². The molecule has 0 fully saturated rings. The Labute approximate surface area is 166 Å². The Hall–Kier alpha value is -1.89. The summed E-state index contributed by atoms with van der Waals surface area (Å²) in [7, 11) is 0. The van der Waals surface area contributed by atoms with Crippen LogP contribution in [0.3, 0.4) is 0 Å². The van der Waals surface area contributed by atoms with Crippen molar-refractivity contribution in [1.29, 1.82) is 0 Å². The summed E-state index contributed by atoms with van der Waals surface area (Å²) < 4.78 is 0.888. The number of hydrogen-bond acceptors (Lipinski definition) is 3. The number of carbonyl (C=O) groups is 2. The SMILES string of the molecule is CCN(CC(=O)Nc1cccc(Br)c1)CC(=O)Nc1cc(Cl)ccc1C. The zero-order valence-electron chi connectivity index (χ0n) is 14.7. The maximum absolute atomic E-state index is 12.3. The maximum Gasteiger partial charge on any atom is 0.238 e. The van der Waals surface area contributed by atoms with Crippen molar-refractivity contribution < 1.29 is 9.59 Å². The molecule has 2 aromatic carbocycles. The molecule has 2 N–H and O–H groups in total. The molecule has 0 aromatic heterocycles. The van der Waals surface area contributed by atoms with Crippen molar-refractivity contribution in [1.82, 2.24) is 4.90 Å². The smallest absolute Gasteiger partial charge is 0.238 e. The fraction of sp³-hybridized carbons (Fsp3) is 0.263. The van der Waals surface area contributed by atoms with Crippen LogP contribution in [0, 0.1) is 6.92 Å². The van der Waals surface area contributed by atoms with Gasteiger partial charge in [-0.1, -0.05) is 46.6 Å². The number of nitrogens with zero attached hydrogens (tertiary/aromatic N) is 1. The normalized spacial score (nSPS) is 10.7. The average molecular weight is 439 g/mol. The molecule has 2 amide bonds. The molecule has 7 heteroatoms. The van der Waals surface area contributed by atoms with E-state index >= 15 is 0 Å². The van der Waals surface area contributed by atoms with Crippen LogP contribution in [-0.2, 0) is 9.59 Å². The molecule has 0 bridgehead atoms. The molecule has 2 rings (SSSR count). The standard InChI is InChI=1S/C19H21BrClN3O2/c1-3-24(11-18(25)22-16-6-4-5-14(20)9-16)12-19(26)23-17-10-15(21)8-7-13(17)2/h4-10H,3,11-12H2,1-2H3,(H,22,25)(H,23,26). The zero-order valence-corrected chi connectivity index (χ0v) is 17.0. The van der Waals surface area contributed by atoms with E-state index in [0.29, 0.717) is 22.9 Å². The van der Waals surface area contributed by atoms with E-state index in [4.69, 9.17) is 11.6 Å². The Balaban J connectivity index is 1.90. The monoisotopic (exact) mass is 437 g/mol. The molecule has 2 aromatic rings. The Kier molecular flexibility index (Phi) is 7.63. The number of carbonyl (C=O) groups excluding carboxylic acids is 2. The number of benzene rings is 2. The summed E-state index contributed by atoms with van der Waals surface area (Å²) in [5.41, 5.74) is 2.31. The molecule has 0 saturated carbocycles. The number of aryl methyl sites for hydroxylation is 1. The number of nitrogens with one attached hydrogen (secondary N) is 2. The summed E-state index contributed by atoms with van der Waals surface area (Å²) >= 11 is 9.34. The first-order valence-corrected chi connectivity index (χ1v) is 9.38. The first-order chi connectivity index (χ1) is 12.4. The number of rotatable bonds is 7. The summed E-state index contributed by atoms with van der Waals surface area (Å²) in [6, 6.07) is 12.7. The van der Waals surface area contributed by atoms with E-state index in [0.717, 1.165) is 10.0 Å². The van der Waals surface area contributed by atoms with Gasteiger partial charge >= 0.3 is 0 Å². The molecule has 0 aliphatic heterocycles. The third-order valence-corrected chi connectivity index (χ3v) is 4.49. The summed E-state index contributed by atoms with van der Waals surface area (Å²) in [5, 5.41) is 6.23. The Morgan fingerprint density at radius 3 is 2.42 bits per heavy atom. The second kappa shape index (κ2) is 9.71. The number of hydrogen-bond donors (Lipinski definition) is 2. The molecule has 5 nitrogen and oxygen atoms in total. The lowest BCUT2D eigenvalue weighted by molar-refractivity contribution is -0.119. The summed E-state index contributed by atoms with van der Waals surface area (Å²) in [6.07, 6.45) is 0. The minimum atomic E-state index is -0.188. The molecular formula is C19H21BrClN3O2.